The molecule has 1 aromatic heterocycles. The molecule has 2 atom stereocenters. The molecule has 244 valence electrons. The normalized spacial score (nSPS) is 18.2. The number of imidazole rings is 1. The van der Waals surface area contributed by atoms with Crippen molar-refractivity contribution in [1.82, 2.24) is 14.5 Å². The van der Waals surface area contributed by atoms with Gasteiger partial charge in [0.2, 0.25) is 0 Å². The number of hydrogen-bond acceptors (Lipinski definition) is 7. The van der Waals surface area contributed by atoms with Crippen LogP contribution in [0.5, 0.6) is 17.2 Å². The molecule has 0 saturated carbocycles. The Hall–Kier alpha value is -4.00. The first kappa shape index (κ1) is 32.0. The van der Waals surface area contributed by atoms with Gasteiger partial charge in [0.25, 0.3) is 0 Å². The van der Waals surface area contributed by atoms with Crippen LogP contribution in [0.1, 0.15) is 57.8 Å². The van der Waals surface area contributed by atoms with Crippen molar-refractivity contribution in [2.45, 2.75) is 57.8 Å². The number of carboxylic acids is 1. The van der Waals surface area contributed by atoms with Crippen LogP contribution in [0.3, 0.4) is 0 Å². The molecule has 2 aliphatic heterocycles. The topological polar surface area (TPSA) is 95.3 Å². The minimum atomic E-state index is -4.61. The maximum Gasteiger partial charge on any atom is 0.419 e. The molecule has 6 rings (SSSR count). The zero-order valence-corrected chi connectivity index (χ0v) is 26.2. The Balaban J connectivity index is 1.33. The Morgan fingerprint density at radius 2 is 1.87 bits per heavy atom. The highest BCUT2D eigenvalue weighted by Gasteiger charge is 2.37. The van der Waals surface area contributed by atoms with Crippen molar-refractivity contribution in [3.63, 3.8) is 0 Å². The van der Waals surface area contributed by atoms with Crippen molar-refractivity contribution in [1.29, 1.82) is 0 Å². The molecule has 3 aromatic carbocycles. The van der Waals surface area contributed by atoms with E-state index in [-0.39, 0.29) is 30.1 Å². The summed E-state index contributed by atoms with van der Waals surface area (Å²) in [6, 6.07) is 10.3. The van der Waals surface area contributed by atoms with E-state index in [0.717, 1.165) is 12.0 Å². The summed E-state index contributed by atoms with van der Waals surface area (Å²) >= 11 is 6.05. The number of carboxylic acid groups (broad SMARTS) is 1. The van der Waals surface area contributed by atoms with E-state index in [1.54, 1.807) is 24.3 Å². The van der Waals surface area contributed by atoms with E-state index in [4.69, 9.17) is 35.5 Å². The molecule has 46 heavy (non-hydrogen) atoms. The standard InChI is InChI=1S/C33H33ClF3N3O6/c1-18-24-14-28(46-17-20-4-5-22(34)13-27(20)43-2)25(33(35,36)37)10-19(24)6-8-39(18)16-30-38-31-26(40(30)15-23-7-9-45-23)11-21(32(41)42)12-29(31)44-3/h4-5,10-14,18,23H,6-9,15-17H2,1-3H3,(H,41,42)/t18-,23-/m0/s1. The second-order valence-electron chi connectivity index (χ2n) is 11.5. The summed E-state index contributed by atoms with van der Waals surface area (Å²) in [4.78, 5) is 18.9. The van der Waals surface area contributed by atoms with E-state index in [1.165, 1.54) is 32.4 Å². The molecule has 9 nitrogen and oxygen atoms in total. The van der Waals surface area contributed by atoms with Crippen molar-refractivity contribution in [2.75, 3.05) is 27.4 Å². The number of fused-ring (bicyclic) bond motifs is 2. The average Bonchev–Trinajstić information content (AvgIpc) is 3.34. The van der Waals surface area contributed by atoms with Gasteiger partial charge in [0, 0.05) is 29.8 Å². The maximum absolute atomic E-state index is 14.2. The van der Waals surface area contributed by atoms with Crippen LogP contribution in [-0.4, -0.2) is 59.0 Å². The van der Waals surface area contributed by atoms with E-state index < -0.39 is 17.7 Å². The van der Waals surface area contributed by atoms with Crippen LogP contribution in [0, 0.1) is 0 Å². The summed E-state index contributed by atoms with van der Waals surface area (Å²) in [7, 11) is 2.93. The zero-order valence-electron chi connectivity index (χ0n) is 25.5. The molecule has 1 saturated heterocycles. The molecule has 0 unspecified atom stereocenters. The van der Waals surface area contributed by atoms with Gasteiger partial charge in [-0.1, -0.05) is 17.7 Å². The lowest BCUT2D eigenvalue weighted by molar-refractivity contribution is -0.139. The number of benzene rings is 3. The number of halogens is 4. The monoisotopic (exact) mass is 659 g/mol. The molecule has 3 heterocycles. The third-order valence-corrected chi connectivity index (χ3v) is 8.97. The lowest BCUT2D eigenvalue weighted by Gasteiger charge is -2.36. The van der Waals surface area contributed by atoms with Gasteiger partial charge >= 0.3 is 12.1 Å². The molecule has 4 aromatic rings. The Morgan fingerprint density at radius 1 is 1.11 bits per heavy atom. The number of methoxy groups -OCH3 is 2. The summed E-state index contributed by atoms with van der Waals surface area (Å²) in [5.41, 5.74) is 2.30. The Kier molecular flexibility index (Phi) is 8.79. The first-order chi connectivity index (χ1) is 22.0. The van der Waals surface area contributed by atoms with Crippen LogP contribution in [0.25, 0.3) is 11.0 Å². The van der Waals surface area contributed by atoms with Crippen LogP contribution in [0.4, 0.5) is 13.2 Å². The van der Waals surface area contributed by atoms with Gasteiger partial charge in [0.1, 0.15) is 35.2 Å². The molecule has 2 aliphatic rings. The Bertz CT molecular complexity index is 1790. The number of nitrogens with zero attached hydrogens (tertiary/aromatic N) is 3. The van der Waals surface area contributed by atoms with Crippen LogP contribution in [0.2, 0.25) is 5.02 Å². The molecule has 0 amide bonds. The smallest absolute Gasteiger partial charge is 0.419 e. The van der Waals surface area contributed by atoms with Crippen molar-refractivity contribution >= 4 is 28.6 Å². The summed E-state index contributed by atoms with van der Waals surface area (Å²) in [5, 5.41) is 10.2. The molecule has 1 fully saturated rings. The minimum Gasteiger partial charge on any atom is -0.496 e. The number of rotatable bonds is 10. The summed E-state index contributed by atoms with van der Waals surface area (Å²) in [6.07, 6.45) is -3.38. The summed E-state index contributed by atoms with van der Waals surface area (Å²) < 4.78 is 67.0. The predicted octanol–water partition coefficient (Wildman–Crippen LogP) is 6.91. The highest BCUT2D eigenvalue weighted by atomic mass is 35.5. The Morgan fingerprint density at radius 3 is 2.52 bits per heavy atom. The van der Waals surface area contributed by atoms with Crippen LogP contribution in [0.15, 0.2) is 42.5 Å². The van der Waals surface area contributed by atoms with E-state index in [9.17, 15) is 23.1 Å². The van der Waals surface area contributed by atoms with Gasteiger partial charge in [-0.3, -0.25) is 4.90 Å². The van der Waals surface area contributed by atoms with E-state index in [2.05, 4.69) is 4.90 Å². The highest BCUT2D eigenvalue weighted by Crippen LogP contribution is 2.43. The highest BCUT2D eigenvalue weighted by molar-refractivity contribution is 6.30. The van der Waals surface area contributed by atoms with E-state index >= 15 is 0 Å². The fourth-order valence-corrected chi connectivity index (χ4v) is 6.27. The lowest BCUT2D eigenvalue weighted by Crippen LogP contribution is -2.36. The van der Waals surface area contributed by atoms with E-state index in [0.29, 0.717) is 77.2 Å². The molecule has 0 radical (unpaired) electrons. The van der Waals surface area contributed by atoms with Crippen molar-refractivity contribution in [3.8, 4) is 17.2 Å². The molecule has 0 bridgehead atoms. The second-order valence-corrected chi connectivity index (χ2v) is 11.9. The molecule has 13 heteroatoms. The number of carbonyl (C=O) groups is 1. The molecular formula is C33H33ClF3N3O6. The first-order valence-corrected chi connectivity index (χ1v) is 15.2. The van der Waals surface area contributed by atoms with Gasteiger partial charge in [0.05, 0.1) is 50.1 Å². The number of ether oxygens (including phenoxy) is 4. The van der Waals surface area contributed by atoms with Gasteiger partial charge in [-0.2, -0.15) is 13.2 Å². The number of aromatic nitrogens is 2. The minimum absolute atomic E-state index is 0.0325. The summed E-state index contributed by atoms with van der Waals surface area (Å²) in [6.45, 7) is 3.81. The van der Waals surface area contributed by atoms with Crippen molar-refractivity contribution in [2.24, 2.45) is 0 Å². The van der Waals surface area contributed by atoms with Gasteiger partial charge in [0.15, 0.2) is 0 Å². The number of hydrogen-bond donors (Lipinski definition) is 1. The van der Waals surface area contributed by atoms with Crippen molar-refractivity contribution in [3.05, 3.63) is 81.1 Å². The van der Waals surface area contributed by atoms with Crippen molar-refractivity contribution < 1.29 is 42.0 Å². The fraction of sp³-hybridized carbons (Fsp3) is 0.394. The SMILES string of the molecule is COc1cc(Cl)ccc1COc1cc2c(cc1C(F)(F)F)CCN(Cc1nc3c(OC)cc(C(=O)O)cc3n1C[C@@H]1CCO1)[C@H]2C. The summed E-state index contributed by atoms with van der Waals surface area (Å²) in [5.74, 6) is 0.0969. The zero-order chi connectivity index (χ0) is 32.7. The van der Waals surface area contributed by atoms with Gasteiger partial charge < -0.3 is 28.6 Å². The largest absolute Gasteiger partial charge is 0.496 e. The lowest BCUT2D eigenvalue weighted by atomic mass is 9.91. The predicted molar refractivity (Wildman–Crippen MR) is 164 cm³/mol. The number of alkyl halides is 3. The van der Waals surface area contributed by atoms with Crippen LogP contribution >= 0.6 is 11.6 Å². The third kappa shape index (κ3) is 6.21. The van der Waals surface area contributed by atoms with Crippen LogP contribution < -0.4 is 14.2 Å². The average molecular weight is 660 g/mol. The first-order valence-electron chi connectivity index (χ1n) is 14.8. The number of aromatic carboxylic acids is 1. The third-order valence-electron chi connectivity index (χ3n) is 8.73. The van der Waals surface area contributed by atoms with Crippen LogP contribution in [-0.2, 0) is 37.0 Å². The fourth-order valence-electron chi connectivity index (χ4n) is 6.11. The van der Waals surface area contributed by atoms with Gasteiger partial charge in [-0.25, -0.2) is 9.78 Å². The van der Waals surface area contributed by atoms with Gasteiger partial charge in [-0.15, -0.1) is 0 Å². The quantitative estimate of drug-likeness (QED) is 0.196. The van der Waals surface area contributed by atoms with Gasteiger partial charge in [-0.05, 0) is 67.3 Å². The molecule has 0 spiro atoms. The second kappa shape index (κ2) is 12.7. The molecule has 1 N–H and O–H groups in total. The maximum atomic E-state index is 14.2. The molecule has 0 aliphatic carbocycles. The van der Waals surface area contributed by atoms with E-state index in [1.807, 2.05) is 11.5 Å². The molecular weight excluding hydrogens is 627 g/mol. The Labute approximate surface area is 268 Å².